The van der Waals surface area contributed by atoms with E-state index in [1.165, 1.54) is 0 Å². The van der Waals surface area contributed by atoms with Crippen molar-refractivity contribution >= 4 is 22.1 Å². The van der Waals surface area contributed by atoms with Crippen molar-refractivity contribution in [3.63, 3.8) is 0 Å². The summed E-state index contributed by atoms with van der Waals surface area (Å²) < 4.78 is 4.15. The Morgan fingerprint density at radius 1 is 0.378 bits per heavy atom. The summed E-state index contributed by atoms with van der Waals surface area (Å²) in [4.78, 5) is 9.45. The largest absolute Gasteiger partial charge is 0.507 e. The number of aromatic hydroxyl groups is 2. The van der Waals surface area contributed by atoms with Crippen LogP contribution in [-0.2, 0) is 19.5 Å². The molecule has 0 fully saturated rings. The van der Waals surface area contributed by atoms with Crippen molar-refractivity contribution in [2.45, 2.75) is 0 Å². The molecule has 0 saturated carbocycles. The number of hydrogen-bond donors (Lipinski definition) is 2. The minimum Gasteiger partial charge on any atom is -0.507 e. The molecule has 0 aliphatic carbocycles. The van der Waals surface area contributed by atoms with Crippen LogP contribution in [-0.4, -0.2) is 29.3 Å². The SMILES string of the molecule is Oc1ccccc1-c1nc2ccccc2n1-c1ccccc1.Oc1ccccc1-c1nc2ccccc2n1-c1ccccc1.[Zn]. The predicted octanol–water partition coefficient (Wildman–Crippen LogP) is 8.79. The van der Waals surface area contributed by atoms with Crippen molar-refractivity contribution in [3.8, 4) is 45.6 Å². The second-order valence-corrected chi connectivity index (χ2v) is 10.2. The number of phenolic OH excluding ortho intramolecular Hbond substituents is 2. The molecule has 0 radical (unpaired) electrons. The molecule has 214 valence electrons. The van der Waals surface area contributed by atoms with Crippen LogP contribution in [0.1, 0.15) is 0 Å². The van der Waals surface area contributed by atoms with Crippen LogP contribution in [0.5, 0.6) is 11.5 Å². The molecule has 2 N–H and O–H groups in total. The van der Waals surface area contributed by atoms with Crippen molar-refractivity contribution in [3.05, 3.63) is 158 Å². The van der Waals surface area contributed by atoms with Gasteiger partial charge in [-0.15, -0.1) is 0 Å². The molecule has 0 unspecified atom stereocenters. The molecular weight excluding hydrogens is 610 g/mol. The Morgan fingerprint density at radius 2 is 0.711 bits per heavy atom. The first-order valence-corrected chi connectivity index (χ1v) is 14.3. The molecule has 2 heterocycles. The quantitative estimate of drug-likeness (QED) is 0.189. The second-order valence-electron chi connectivity index (χ2n) is 10.2. The Balaban J connectivity index is 0.000000155. The fourth-order valence-electron chi connectivity index (χ4n) is 5.42. The average Bonchev–Trinajstić information content (AvgIpc) is 3.65. The molecule has 0 atom stereocenters. The van der Waals surface area contributed by atoms with E-state index in [-0.39, 0.29) is 31.0 Å². The third kappa shape index (κ3) is 5.74. The number of phenols is 2. The normalized spacial score (nSPS) is 10.7. The van der Waals surface area contributed by atoms with Crippen LogP contribution in [0.4, 0.5) is 0 Å². The van der Waals surface area contributed by atoms with Gasteiger partial charge in [0.25, 0.3) is 0 Å². The van der Waals surface area contributed by atoms with Gasteiger partial charge in [-0.1, -0.05) is 84.9 Å². The van der Waals surface area contributed by atoms with Gasteiger partial charge in [-0.2, -0.15) is 0 Å². The number of imidazole rings is 2. The molecule has 0 spiro atoms. The number of benzene rings is 6. The first kappa shape index (κ1) is 29.6. The van der Waals surface area contributed by atoms with Gasteiger partial charge < -0.3 is 10.2 Å². The van der Waals surface area contributed by atoms with Gasteiger partial charge in [0.2, 0.25) is 0 Å². The van der Waals surface area contributed by atoms with E-state index in [2.05, 4.69) is 9.13 Å². The van der Waals surface area contributed by atoms with Gasteiger partial charge in [0.05, 0.1) is 33.2 Å². The number of nitrogens with zero attached hydrogens (tertiary/aromatic N) is 4. The van der Waals surface area contributed by atoms with Gasteiger partial charge in [0.1, 0.15) is 23.1 Å². The number of rotatable bonds is 4. The summed E-state index contributed by atoms with van der Waals surface area (Å²) in [5, 5.41) is 20.4. The molecule has 0 saturated heterocycles. The molecular formula is C38H28N4O2Zn. The molecule has 0 bridgehead atoms. The predicted molar refractivity (Wildman–Crippen MR) is 176 cm³/mol. The van der Waals surface area contributed by atoms with Crippen molar-refractivity contribution in [1.29, 1.82) is 0 Å². The summed E-state index contributed by atoms with van der Waals surface area (Å²) in [6.07, 6.45) is 0. The van der Waals surface area contributed by atoms with E-state index < -0.39 is 0 Å². The molecule has 2 aromatic heterocycles. The van der Waals surface area contributed by atoms with E-state index in [0.717, 1.165) is 56.2 Å². The summed E-state index contributed by atoms with van der Waals surface area (Å²) in [5.41, 5.74) is 7.35. The molecule has 6 nitrogen and oxygen atoms in total. The topological polar surface area (TPSA) is 76.1 Å². The monoisotopic (exact) mass is 636 g/mol. The van der Waals surface area contributed by atoms with Gasteiger partial charge in [-0.05, 0) is 72.8 Å². The van der Waals surface area contributed by atoms with Gasteiger partial charge in [-0.3, -0.25) is 9.13 Å². The standard InChI is InChI=1S/2C19H14N2O.Zn/c2*22-18-13-7-4-10-15(18)19-20-16-11-5-6-12-17(16)21(19)14-8-2-1-3-9-14;/h2*1-13,22H;. The summed E-state index contributed by atoms with van der Waals surface area (Å²) in [7, 11) is 0. The molecule has 0 aliphatic rings. The van der Waals surface area contributed by atoms with Crippen LogP contribution >= 0.6 is 0 Å². The summed E-state index contributed by atoms with van der Waals surface area (Å²) >= 11 is 0. The molecule has 0 aliphatic heterocycles. The third-order valence-electron chi connectivity index (χ3n) is 7.44. The van der Waals surface area contributed by atoms with E-state index >= 15 is 0 Å². The molecule has 6 aromatic carbocycles. The number of hydrogen-bond acceptors (Lipinski definition) is 4. The van der Waals surface area contributed by atoms with Gasteiger partial charge in [0, 0.05) is 30.9 Å². The summed E-state index contributed by atoms with van der Waals surface area (Å²) in [6.45, 7) is 0. The summed E-state index contributed by atoms with van der Waals surface area (Å²) in [6, 6.07) is 50.7. The Bertz CT molecular complexity index is 2050. The molecule has 8 aromatic rings. The van der Waals surface area contributed by atoms with Crippen molar-refractivity contribution in [2.24, 2.45) is 0 Å². The first-order valence-electron chi connectivity index (χ1n) is 14.3. The second kappa shape index (κ2) is 13.0. The molecule has 45 heavy (non-hydrogen) atoms. The van der Waals surface area contributed by atoms with Crippen LogP contribution in [0.3, 0.4) is 0 Å². The van der Waals surface area contributed by atoms with Crippen LogP contribution < -0.4 is 0 Å². The van der Waals surface area contributed by atoms with Gasteiger partial charge >= 0.3 is 0 Å². The van der Waals surface area contributed by atoms with E-state index in [1.54, 1.807) is 12.1 Å². The van der Waals surface area contributed by atoms with Gasteiger partial charge in [0.15, 0.2) is 0 Å². The van der Waals surface area contributed by atoms with Crippen molar-refractivity contribution in [1.82, 2.24) is 19.1 Å². The fraction of sp³-hybridized carbons (Fsp3) is 0. The molecule has 0 amide bonds. The first-order chi connectivity index (χ1) is 21.7. The van der Waals surface area contributed by atoms with Crippen molar-refractivity contribution in [2.75, 3.05) is 0 Å². The van der Waals surface area contributed by atoms with Gasteiger partial charge in [-0.25, -0.2) is 9.97 Å². The minimum absolute atomic E-state index is 0. The Hall–Kier alpha value is -5.52. The van der Waals surface area contributed by atoms with Crippen LogP contribution in [0.15, 0.2) is 158 Å². The Labute approximate surface area is 273 Å². The average molecular weight is 638 g/mol. The van der Waals surface area contributed by atoms with E-state index in [4.69, 9.17) is 9.97 Å². The van der Waals surface area contributed by atoms with Crippen LogP contribution in [0.25, 0.3) is 56.2 Å². The van der Waals surface area contributed by atoms with E-state index in [0.29, 0.717) is 0 Å². The van der Waals surface area contributed by atoms with Crippen molar-refractivity contribution < 1.29 is 29.7 Å². The summed E-state index contributed by atoms with van der Waals surface area (Å²) in [5.74, 6) is 1.95. The maximum Gasteiger partial charge on any atom is 0.149 e. The van der Waals surface area contributed by atoms with E-state index in [1.807, 2.05) is 146 Å². The van der Waals surface area contributed by atoms with Crippen LogP contribution in [0.2, 0.25) is 0 Å². The maximum absolute atomic E-state index is 10.2. The molecule has 8 rings (SSSR count). The third-order valence-corrected chi connectivity index (χ3v) is 7.44. The molecule has 7 heteroatoms. The number of aromatic nitrogens is 4. The van der Waals surface area contributed by atoms with Crippen LogP contribution in [0, 0.1) is 0 Å². The zero-order valence-electron chi connectivity index (χ0n) is 24.4. The Morgan fingerprint density at radius 3 is 1.11 bits per heavy atom. The zero-order valence-corrected chi connectivity index (χ0v) is 27.4. The number of fused-ring (bicyclic) bond motifs is 2. The van der Waals surface area contributed by atoms with E-state index in [9.17, 15) is 10.2 Å². The minimum atomic E-state index is 0. The number of para-hydroxylation sites is 8. The zero-order chi connectivity index (χ0) is 29.9. The Kier molecular flexibility index (Phi) is 8.54. The smallest absolute Gasteiger partial charge is 0.149 e. The fourth-order valence-corrected chi connectivity index (χ4v) is 5.42. The maximum atomic E-state index is 10.2.